The second-order valence-corrected chi connectivity index (χ2v) is 9.37. The molecule has 1 saturated carbocycles. The second kappa shape index (κ2) is 9.20. The summed E-state index contributed by atoms with van der Waals surface area (Å²) in [5.41, 5.74) is 4.42. The summed E-state index contributed by atoms with van der Waals surface area (Å²) in [6, 6.07) is 15.9. The first-order chi connectivity index (χ1) is 17.0. The van der Waals surface area contributed by atoms with E-state index in [1.165, 1.54) is 18.4 Å². The van der Waals surface area contributed by atoms with Crippen LogP contribution in [0.15, 0.2) is 48.5 Å². The van der Waals surface area contributed by atoms with Gasteiger partial charge in [0.25, 0.3) is 11.7 Å². The number of likely N-dealkylation sites (N-methyl/N-ethyl adjacent to an activating group) is 1. The molecule has 35 heavy (non-hydrogen) atoms. The zero-order valence-corrected chi connectivity index (χ0v) is 20.6. The first kappa shape index (κ1) is 23.1. The van der Waals surface area contributed by atoms with Crippen LogP contribution in [0.25, 0.3) is 10.5 Å². The molecular weight excluding hydrogens is 438 g/mol. The number of nitrogens with zero attached hydrogens (tertiary/aromatic N) is 5. The summed E-state index contributed by atoms with van der Waals surface area (Å²) in [5.74, 6) is 0.899. The summed E-state index contributed by atoms with van der Waals surface area (Å²) in [6.45, 7) is 15.8. The Kier molecular flexibility index (Phi) is 6.08. The van der Waals surface area contributed by atoms with E-state index in [-0.39, 0.29) is 11.3 Å². The molecular formula is C28H31N5O2. The molecule has 0 spiro atoms. The Morgan fingerprint density at radius 2 is 1.71 bits per heavy atom. The van der Waals surface area contributed by atoms with Crippen LogP contribution < -0.4 is 9.64 Å². The summed E-state index contributed by atoms with van der Waals surface area (Å²) >= 11 is 0. The molecule has 7 nitrogen and oxygen atoms in total. The van der Waals surface area contributed by atoms with Crippen LogP contribution >= 0.6 is 0 Å². The van der Waals surface area contributed by atoms with Gasteiger partial charge >= 0.3 is 0 Å². The molecule has 2 aromatic carbocycles. The van der Waals surface area contributed by atoms with E-state index < -0.39 is 0 Å². The molecule has 180 valence electrons. The highest BCUT2D eigenvalue weighted by Crippen LogP contribution is 2.49. The van der Waals surface area contributed by atoms with Crippen LogP contribution in [-0.4, -0.2) is 53.9 Å². The Bertz CT molecular complexity index is 1260. The van der Waals surface area contributed by atoms with Crippen molar-refractivity contribution in [1.29, 1.82) is 0 Å². The van der Waals surface area contributed by atoms with E-state index in [0.717, 1.165) is 42.3 Å². The monoisotopic (exact) mass is 469 g/mol. The lowest BCUT2D eigenvalue weighted by Gasteiger charge is -2.29. The van der Waals surface area contributed by atoms with Gasteiger partial charge in [-0.2, -0.15) is 4.68 Å². The van der Waals surface area contributed by atoms with E-state index in [1.54, 1.807) is 11.8 Å². The number of hydrogen-bond donors (Lipinski definition) is 0. The zero-order valence-electron chi connectivity index (χ0n) is 20.6. The number of hydrogen-bond acceptors (Lipinski definition) is 4. The molecule has 1 aliphatic carbocycles. The minimum atomic E-state index is -0.124. The van der Waals surface area contributed by atoms with Gasteiger partial charge in [0.2, 0.25) is 0 Å². The summed E-state index contributed by atoms with van der Waals surface area (Å²) in [7, 11) is 1.61. The van der Waals surface area contributed by atoms with E-state index in [0.29, 0.717) is 24.5 Å². The standard InChI is InChI=1S/C28H31N5O2/c1-5-31(6-2)19-28(16-17-28)20-7-9-21(10-8-20)32-18-15-24-25(27(32)34)33(30-26(24)29-3)22-11-13-23(35-4)14-12-22/h7-14H,5-6,15-19H2,1-2,4H3. The van der Waals surface area contributed by atoms with Crippen LogP contribution in [0.3, 0.4) is 0 Å². The fourth-order valence-electron chi connectivity index (χ4n) is 5.15. The third-order valence-corrected chi connectivity index (χ3v) is 7.48. The molecule has 0 unspecified atom stereocenters. The normalized spacial score (nSPS) is 16.2. The first-order valence-electron chi connectivity index (χ1n) is 12.3. The van der Waals surface area contributed by atoms with Gasteiger partial charge in [0.05, 0.1) is 12.8 Å². The number of ether oxygens (including phenoxy) is 1. The predicted molar refractivity (Wildman–Crippen MR) is 137 cm³/mol. The van der Waals surface area contributed by atoms with Gasteiger partial charge in [-0.3, -0.25) is 4.79 Å². The highest BCUT2D eigenvalue weighted by Gasteiger charge is 2.45. The molecule has 1 fully saturated rings. The predicted octanol–water partition coefficient (Wildman–Crippen LogP) is 5.01. The number of fused-ring (bicyclic) bond motifs is 1. The molecule has 0 N–H and O–H groups in total. The number of anilines is 1. The molecule has 0 bridgehead atoms. The lowest BCUT2D eigenvalue weighted by molar-refractivity contribution is 0.0973. The first-order valence-corrected chi connectivity index (χ1v) is 12.3. The van der Waals surface area contributed by atoms with Crippen molar-refractivity contribution < 1.29 is 9.53 Å². The maximum atomic E-state index is 13.7. The van der Waals surface area contributed by atoms with Gasteiger partial charge in [-0.25, -0.2) is 0 Å². The molecule has 1 aromatic heterocycles. The van der Waals surface area contributed by atoms with Crippen molar-refractivity contribution in [3.63, 3.8) is 0 Å². The number of amides is 1. The van der Waals surface area contributed by atoms with Crippen LogP contribution in [-0.2, 0) is 11.8 Å². The summed E-state index contributed by atoms with van der Waals surface area (Å²) in [6.07, 6.45) is 3.03. The summed E-state index contributed by atoms with van der Waals surface area (Å²) < 4.78 is 6.86. The second-order valence-electron chi connectivity index (χ2n) is 9.37. The fourth-order valence-corrected chi connectivity index (χ4v) is 5.15. The SMILES string of the molecule is [C-]#[N+]c1nn(-c2ccc(OC)cc2)c2c1CCN(c1ccc(C3(CN(CC)CC)CC3)cc1)C2=O. The Morgan fingerprint density at radius 1 is 1.06 bits per heavy atom. The summed E-state index contributed by atoms with van der Waals surface area (Å²) in [4.78, 5) is 21.6. The Morgan fingerprint density at radius 3 is 2.29 bits per heavy atom. The minimum absolute atomic E-state index is 0.124. The van der Waals surface area contributed by atoms with Crippen molar-refractivity contribution in [3.05, 3.63) is 76.8 Å². The molecule has 0 atom stereocenters. The van der Waals surface area contributed by atoms with E-state index in [2.05, 4.69) is 53.0 Å². The third-order valence-electron chi connectivity index (χ3n) is 7.48. The molecule has 2 aliphatic rings. The Balaban J connectivity index is 1.44. The van der Waals surface area contributed by atoms with Gasteiger partial charge in [-0.05, 0) is 79.4 Å². The van der Waals surface area contributed by atoms with Gasteiger partial charge in [-0.1, -0.05) is 32.6 Å². The number of aromatic nitrogens is 2. The number of methoxy groups -OCH3 is 1. The van der Waals surface area contributed by atoms with Crippen molar-refractivity contribution in [2.24, 2.45) is 0 Å². The average molecular weight is 470 g/mol. The molecule has 5 rings (SSSR count). The number of carbonyl (C=O) groups excluding carboxylic acids is 1. The quantitative estimate of drug-likeness (QED) is 0.435. The van der Waals surface area contributed by atoms with Gasteiger partial charge in [0, 0.05) is 29.8 Å². The van der Waals surface area contributed by atoms with Gasteiger partial charge in [0.15, 0.2) is 0 Å². The smallest absolute Gasteiger partial charge is 0.300 e. The number of benzene rings is 2. The molecule has 3 aromatic rings. The van der Waals surface area contributed by atoms with Crippen LogP contribution in [0.2, 0.25) is 0 Å². The number of rotatable bonds is 8. The lowest BCUT2D eigenvalue weighted by Crippen LogP contribution is -2.38. The number of carbonyl (C=O) groups is 1. The van der Waals surface area contributed by atoms with Gasteiger partial charge < -0.3 is 19.4 Å². The van der Waals surface area contributed by atoms with Gasteiger partial charge in [-0.15, -0.1) is 0 Å². The maximum absolute atomic E-state index is 13.7. The van der Waals surface area contributed by atoms with Crippen molar-refractivity contribution in [3.8, 4) is 11.4 Å². The van der Waals surface area contributed by atoms with Crippen LogP contribution in [0.4, 0.5) is 11.5 Å². The molecule has 2 heterocycles. The Labute approximate surface area is 206 Å². The van der Waals surface area contributed by atoms with E-state index in [1.807, 2.05) is 29.2 Å². The van der Waals surface area contributed by atoms with E-state index >= 15 is 0 Å². The van der Waals surface area contributed by atoms with Crippen LogP contribution in [0.1, 0.15) is 48.3 Å². The highest BCUT2D eigenvalue weighted by molar-refractivity contribution is 6.08. The van der Waals surface area contributed by atoms with Crippen molar-refractivity contribution in [2.75, 3.05) is 38.2 Å². The van der Waals surface area contributed by atoms with E-state index in [9.17, 15) is 4.79 Å². The third kappa shape index (κ3) is 4.08. The topological polar surface area (TPSA) is 55.0 Å². The van der Waals surface area contributed by atoms with Crippen LogP contribution in [0, 0.1) is 6.57 Å². The van der Waals surface area contributed by atoms with Crippen molar-refractivity contribution in [1.82, 2.24) is 14.7 Å². The molecule has 0 saturated heterocycles. The maximum Gasteiger partial charge on any atom is 0.300 e. The lowest BCUT2D eigenvalue weighted by atomic mass is 9.94. The molecule has 0 radical (unpaired) electrons. The molecule has 1 amide bonds. The minimum Gasteiger partial charge on any atom is -0.497 e. The highest BCUT2D eigenvalue weighted by atomic mass is 16.5. The van der Waals surface area contributed by atoms with Crippen molar-refractivity contribution >= 4 is 17.4 Å². The molecule has 7 heteroatoms. The zero-order chi connectivity index (χ0) is 24.6. The van der Waals surface area contributed by atoms with E-state index in [4.69, 9.17) is 11.3 Å². The largest absolute Gasteiger partial charge is 0.497 e. The van der Waals surface area contributed by atoms with Gasteiger partial charge in [0.1, 0.15) is 11.4 Å². The van der Waals surface area contributed by atoms with Crippen molar-refractivity contribution in [2.45, 2.75) is 38.5 Å². The molecule has 1 aliphatic heterocycles. The Hall–Kier alpha value is -3.63. The average Bonchev–Trinajstić information content (AvgIpc) is 3.59. The van der Waals surface area contributed by atoms with Crippen LogP contribution in [0.5, 0.6) is 5.75 Å². The fraction of sp³-hybridized carbons (Fsp3) is 0.393. The summed E-state index contributed by atoms with van der Waals surface area (Å²) in [5, 5.41) is 4.48.